The van der Waals surface area contributed by atoms with Gasteiger partial charge in [-0.05, 0) is 25.1 Å². The van der Waals surface area contributed by atoms with Gasteiger partial charge in [-0.1, -0.05) is 0 Å². The van der Waals surface area contributed by atoms with E-state index in [4.69, 9.17) is 20.2 Å². The van der Waals surface area contributed by atoms with E-state index in [-0.39, 0.29) is 16.4 Å². The molecular formula is C13H18ClNO5S. The van der Waals surface area contributed by atoms with Gasteiger partial charge in [0.25, 0.3) is 15.0 Å². The lowest BCUT2D eigenvalue weighted by Crippen LogP contribution is -2.30. The smallest absolute Gasteiger partial charge is 0.261 e. The molecule has 21 heavy (non-hydrogen) atoms. The fourth-order valence-corrected chi connectivity index (χ4v) is 2.42. The van der Waals surface area contributed by atoms with Gasteiger partial charge in [-0.15, -0.1) is 0 Å². The van der Waals surface area contributed by atoms with Crippen molar-refractivity contribution in [1.82, 2.24) is 4.90 Å². The van der Waals surface area contributed by atoms with Crippen LogP contribution in [0.25, 0.3) is 0 Å². The molecule has 0 saturated heterocycles. The van der Waals surface area contributed by atoms with Gasteiger partial charge in [0, 0.05) is 31.4 Å². The van der Waals surface area contributed by atoms with Crippen molar-refractivity contribution in [3.8, 4) is 5.75 Å². The van der Waals surface area contributed by atoms with Crippen LogP contribution < -0.4 is 4.74 Å². The van der Waals surface area contributed by atoms with Crippen molar-refractivity contribution in [2.45, 2.75) is 11.8 Å². The van der Waals surface area contributed by atoms with Crippen molar-refractivity contribution in [1.29, 1.82) is 0 Å². The molecule has 1 amide bonds. The van der Waals surface area contributed by atoms with Crippen LogP contribution in [-0.2, 0) is 13.8 Å². The third kappa shape index (κ3) is 4.87. The zero-order valence-electron chi connectivity index (χ0n) is 12.1. The second-order valence-corrected chi connectivity index (χ2v) is 6.81. The zero-order chi connectivity index (χ0) is 16.0. The molecule has 0 radical (unpaired) electrons. The molecule has 1 aromatic rings. The number of hydrogen-bond acceptors (Lipinski definition) is 5. The number of rotatable bonds is 7. The number of amides is 1. The van der Waals surface area contributed by atoms with Gasteiger partial charge < -0.3 is 14.4 Å². The molecule has 0 heterocycles. The summed E-state index contributed by atoms with van der Waals surface area (Å²) in [5.41, 5.74) is 0.150. The molecule has 0 aliphatic carbocycles. The average Bonchev–Trinajstić information content (AvgIpc) is 2.43. The maximum absolute atomic E-state index is 12.4. The van der Waals surface area contributed by atoms with Crippen LogP contribution in [0.2, 0.25) is 0 Å². The van der Waals surface area contributed by atoms with Gasteiger partial charge in [0.2, 0.25) is 0 Å². The third-order valence-corrected chi connectivity index (χ3v) is 4.09. The Morgan fingerprint density at radius 3 is 2.57 bits per heavy atom. The number of nitrogens with zero attached hydrogens (tertiary/aromatic N) is 1. The Labute approximate surface area is 129 Å². The molecule has 8 heteroatoms. The van der Waals surface area contributed by atoms with Crippen molar-refractivity contribution in [3.05, 3.63) is 23.8 Å². The molecule has 0 N–H and O–H groups in total. The summed E-state index contributed by atoms with van der Waals surface area (Å²) in [5.74, 6) is -0.0477. The van der Waals surface area contributed by atoms with E-state index >= 15 is 0 Å². The van der Waals surface area contributed by atoms with Gasteiger partial charge in [-0.3, -0.25) is 4.79 Å². The lowest BCUT2D eigenvalue weighted by molar-refractivity contribution is 0.0740. The van der Waals surface area contributed by atoms with E-state index in [1.165, 1.54) is 30.2 Å². The molecule has 0 fully saturated rings. The Hall–Kier alpha value is -1.31. The number of hydrogen-bond donors (Lipinski definition) is 0. The monoisotopic (exact) mass is 335 g/mol. The molecule has 0 atom stereocenters. The molecule has 6 nitrogen and oxygen atoms in total. The summed E-state index contributed by atoms with van der Waals surface area (Å²) < 4.78 is 33.1. The summed E-state index contributed by atoms with van der Waals surface area (Å²) in [5, 5.41) is 0. The average molecular weight is 336 g/mol. The van der Waals surface area contributed by atoms with Crippen LogP contribution in [0.5, 0.6) is 5.75 Å². The highest BCUT2D eigenvalue weighted by atomic mass is 35.7. The number of halogens is 1. The van der Waals surface area contributed by atoms with E-state index in [9.17, 15) is 13.2 Å². The van der Waals surface area contributed by atoms with Crippen molar-refractivity contribution in [3.63, 3.8) is 0 Å². The van der Waals surface area contributed by atoms with Crippen molar-refractivity contribution in [2.75, 3.05) is 33.9 Å². The summed E-state index contributed by atoms with van der Waals surface area (Å²) in [6, 6.07) is 3.95. The molecule has 0 aromatic heterocycles. The second kappa shape index (κ2) is 7.63. The van der Waals surface area contributed by atoms with Crippen LogP contribution in [0.4, 0.5) is 0 Å². The molecule has 0 saturated carbocycles. The Balaban J connectivity index is 3.19. The van der Waals surface area contributed by atoms with E-state index in [2.05, 4.69) is 0 Å². The Kier molecular flexibility index (Phi) is 6.44. The second-order valence-electron chi connectivity index (χ2n) is 4.25. The Morgan fingerprint density at radius 1 is 1.38 bits per heavy atom. The minimum Gasteiger partial charge on any atom is -0.493 e. The van der Waals surface area contributed by atoms with E-state index in [1.54, 1.807) is 14.0 Å². The maximum atomic E-state index is 12.4. The summed E-state index contributed by atoms with van der Waals surface area (Å²) >= 11 is 0. The van der Waals surface area contributed by atoms with E-state index < -0.39 is 9.05 Å². The predicted molar refractivity (Wildman–Crippen MR) is 79.5 cm³/mol. The van der Waals surface area contributed by atoms with Gasteiger partial charge in [-0.25, -0.2) is 8.42 Å². The standard InChI is InChI=1S/C13H18ClNO5S/c1-4-20-12-6-5-10(21(14,17)18)9-11(12)13(16)15(2)7-8-19-3/h5-6,9H,4,7-8H2,1-3H3. The molecule has 0 aliphatic rings. The van der Waals surface area contributed by atoms with Crippen LogP contribution in [0.1, 0.15) is 17.3 Å². The van der Waals surface area contributed by atoms with Crippen molar-refractivity contribution in [2.24, 2.45) is 0 Å². The normalized spacial score (nSPS) is 11.2. The zero-order valence-corrected chi connectivity index (χ0v) is 13.7. The first-order valence-electron chi connectivity index (χ1n) is 6.27. The largest absolute Gasteiger partial charge is 0.493 e. The molecule has 0 unspecified atom stereocenters. The molecule has 1 aromatic carbocycles. The molecule has 118 valence electrons. The summed E-state index contributed by atoms with van der Waals surface area (Å²) in [6.07, 6.45) is 0. The maximum Gasteiger partial charge on any atom is 0.261 e. The highest BCUT2D eigenvalue weighted by molar-refractivity contribution is 8.13. The van der Waals surface area contributed by atoms with Crippen LogP contribution in [0, 0.1) is 0 Å². The van der Waals surface area contributed by atoms with Crippen molar-refractivity contribution >= 4 is 25.6 Å². The number of benzene rings is 1. The molecule has 0 bridgehead atoms. The quantitative estimate of drug-likeness (QED) is 0.709. The summed E-state index contributed by atoms with van der Waals surface area (Å²) in [4.78, 5) is 13.7. The molecule has 0 aliphatic heterocycles. The minimum atomic E-state index is -3.91. The summed E-state index contributed by atoms with van der Waals surface area (Å²) in [6.45, 7) is 2.88. The highest BCUT2D eigenvalue weighted by Gasteiger charge is 2.20. The number of carbonyl (C=O) groups excluding carboxylic acids is 1. The fraction of sp³-hybridized carbons (Fsp3) is 0.462. The lowest BCUT2D eigenvalue weighted by atomic mass is 10.1. The molecule has 0 spiro atoms. The topological polar surface area (TPSA) is 72.9 Å². The van der Waals surface area contributed by atoms with Crippen LogP contribution >= 0.6 is 10.7 Å². The van der Waals surface area contributed by atoms with Gasteiger partial charge >= 0.3 is 0 Å². The van der Waals surface area contributed by atoms with Crippen molar-refractivity contribution < 1.29 is 22.7 Å². The SMILES string of the molecule is CCOc1ccc(S(=O)(=O)Cl)cc1C(=O)N(C)CCOC. The van der Waals surface area contributed by atoms with Crippen LogP contribution in [0.3, 0.4) is 0 Å². The molecule has 1 rings (SSSR count). The minimum absolute atomic E-state index is 0.142. The number of likely N-dealkylation sites (N-methyl/N-ethyl adjacent to an activating group) is 1. The predicted octanol–water partition coefficient (Wildman–Crippen LogP) is 1.73. The van der Waals surface area contributed by atoms with Gasteiger partial charge in [0.1, 0.15) is 5.75 Å². The van der Waals surface area contributed by atoms with Gasteiger partial charge in [0.05, 0.1) is 23.7 Å². The van der Waals surface area contributed by atoms with E-state index in [0.29, 0.717) is 25.5 Å². The Bertz CT molecular complexity index is 603. The third-order valence-electron chi connectivity index (χ3n) is 2.74. The first-order valence-corrected chi connectivity index (χ1v) is 8.58. The Morgan fingerprint density at radius 2 is 2.05 bits per heavy atom. The number of methoxy groups -OCH3 is 1. The first kappa shape index (κ1) is 17.7. The van der Waals surface area contributed by atoms with Crippen LogP contribution in [0.15, 0.2) is 23.1 Å². The highest BCUT2D eigenvalue weighted by Crippen LogP contribution is 2.25. The first-order chi connectivity index (χ1) is 9.81. The fourth-order valence-electron chi connectivity index (χ4n) is 1.64. The van der Waals surface area contributed by atoms with E-state index in [0.717, 1.165) is 0 Å². The van der Waals surface area contributed by atoms with E-state index in [1.807, 2.05) is 0 Å². The van der Waals surface area contributed by atoms with Crippen LogP contribution in [-0.4, -0.2) is 53.1 Å². The van der Waals surface area contributed by atoms with Gasteiger partial charge in [-0.2, -0.15) is 0 Å². The van der Waals surface area contributed by atoms with Gasteiger partial charge in [0.15, 0.2) is 0 Å². The molecular weight excluding hydrogens is 318 g/mol. The number of ether oxygens (including phenoxy) is 2. The number of carbonyl (C=O) groups is 1. The summed E-state index contributed by atoms with van der Waals surface area (Å²) in [7, 11) is 4.53. The lowest BCUT2D eigenvalue weighted by Gasteiger charge is -2.19.